The summed E-state index contributed by atoms with van der Waals surface area (Å²) in [7, 11) is 0. The molecule has 1 fully saturated rings. The van der Waals surface area contributed by atoms with Crippen molar-refractivity contribution in [3.8, 4) is 0 Å². The number of aryl methyl sites for hydroxylation is 1. The van der Waals surface area contributed by atoms with Crippen LogP contribution in [0.15, 0.2) is 42.3 Å². The number of imidazole rings is 1. The van der Waals surface area contributed by atoms with Crippen molar-refractivity contribution in [1.29, 1.82) is 0 Å². The summed E-state index contributed by atoms with van der Waals surface area (Å²) in [5.41, 5.74) is 1.77. The third-order valence-electron chi connectivity index (χ3n) is 5.75. The number of rotatable bonds is 4. The first-order valence-electron chi connectivity index (χ1n) is 11.9. The normalized spacial score (nSPS) is 16.3. The van der Waals surface area contributed by atoms with Crippen molar-refractivity contribution in [2.75, 3.05) is 24.5 Å². The summed E-state index contributed by atoms with van der Waals surface area (Å²) >= 11 is 0. The molecule has 3 aromatic heterocycles. The maximum absolute atomic E-state index is 15.1. The molecule has 0 radical (unpaired) electrons. The number of fused-ring (bicyclic) bond motifs is 1. The maximum Gasteiger partial charge on any atom is 0.229 e. The Labute approximate surface area is 204 Å². The van der Waals surface area contributed by atoms with Crippen molar-refractivity contribution < 1.29 is 13.6 Å². The molecule has 35 heavy (non-hydrogen) atoms. The summed E-state index contributed by atoms with van der Waals surface area (Å²) in [5.74, 6) is -1.58. The Morgan fingerprint density at radius 3 is 2.54 bits per heavy atom. The van der Waals surface area contributed by atoms with E-state index in [1.54, 1.807) is 25.5 Å². The molecule has 1 unspecified atom stereocenters. The Balaban J connectivity index is 0.000000795. The van der Waals surface area contributed by atoms with E-state index in [0.29, 0.717) is 30.0 Å². The van der Waals surface area contributed by atoms with E-state index in [4.69, 9.17) is 0 Å². The van der Waals surface area contributed by atoms with E-state index in [1.165, 1.54) is 40.9 Å². The lowest BCUT2D eigenvalue weighted by molar-refractivity contribution is 0.0929. The molecule has 1 aliphatic heterocycles. The van der Waals surface area contributed by atoms with Crippen LogP contribution in [0.4, 0.5) is 14.5 Å². The predicted octanol–water partition coefficient (Wildman–Crippen LogP) is 4.56. The highest BCUT2D eigenvalue weighted by Gasteiger charge is 2.19. The van der Waals surface area contributed by atoms with Gasteiger partial charge in [-0.2, -0.15) is 0 Å². The Bertz CT molecular complexity index is 1290. The summed E-state index contributed by atoms with van der Waals surface area (Å²) in [4.78, 5) is 22.7. The van der Waals surface area contributed by atoms with Gasteiger partial charge < -0.3 is 14.6 Å². The van der Waals surface area contributed by atoms with Crippen LogP contribution in [-0.4, -0.2) is 45.5 Å². The highest BCUT2D eigenvalue weighted by molar-refractivity contribution is 5.77. The molecule has 0 aliphatic carbocycles. The molecule has 4 heterocycles. The third kappa shape index (κ3) is 6.22. The number of anilines is 1. The van der Waals surface area contributed by atoms with Crippen LogP contribution in [0.3, 0.4) is 0 Å². The van der Waals surface area contributed by atoms with Gasteiger partial charge in [0.1, 0.15) is 0 Å². The van der Waals surface area contributed by atoms with Gasteiger partial charge in [0.2, 0.25) is 5.91 Å². The van der Waals surface area contributed by atoms with E-state index in [2.05, 4.69) is 35.7 Å². The van der Waals surface area contributed by atoms with Gasteiger partial charge in [-0.05, 0) is 19.9 Å². The van der Waals surface area contributed by atoms with Crippen molar-refractivity contribution in [2.24, 2.45) is 4.99 Å². The molecule has 7 nitrogen and oxygen atoms in total. The molecule has 3 aromatic rings. The number of nitrogens with zero attached hydrogens (tertiary/aromatic N) is 5. The molecule has 188 valence electrons. The lowest BCUT2D eigenvalue weighted by Crippen LogP contribution is -2.49. The molecule has 1 N–H and O–H groups in total. The molecule has 1 aliphatic rings. The van der Waals surface area contributed by atoms with Crippen molar-refractivity contribution >= 4 is 22.9 Å². The Morgan fingerprint density at radius 2 is 1.91 bits per heavy atom. The summed E-state index contributed by atoms with van der Waals surface area (Å²) in [6.45, 7) is 15.5. The van der Waals surface area contributed by atoms with Gasteiger partial charge in [-0.25, -0.2) is 18.8 Å². The van der Waals surface area contributed by atoms with Gasteiger partial charge in [0.05, 0.1) is 17.1 Å². The Kier molecular flexibility index (Phi) is 8.56. The number of hydrogen-bond acceptors (Lipinski definition) is 5. The van der Waals surface area contributed by atoms with Crippen LogP contribution in [0, 0.1) is 18.6 Å². The highest BCUT2D eigenvalue weighted by Crippen LogP contribution is 2.20. The first-order chi connectivity index (χ1) is 16.6. The SMILES string of the molecule is C=C(N=c1c(F)cc(N2CCNC(C)C2)cn1C(C)=O)c1cc(F)c2nc(C)cn2c1.CCCC. The fourth-order valence-electron chi connectivity index (χ4n) is 3.76. The minimum absolute atomic E-state index is 0.129. The smallest absolute Gasteiger partial charge is 0.229 e. The zero-order chi connectivity index (χ0) is 25.7. The van der Waals surface area contributed by atoms with Gasteiger partial charge in [0.15, 0.2) is 22.8 Å². The lowest BCUT2D eigenvalue weighted by Gasteiger charge is -2.33. The number of aromatic nitrogens is 3. The molecule has 0 spiro atoms. The number of hydrogen-bond donors (Lipinski definition) is 1. The zero-order valence-corrected chi connectivity index (χ0v) is 21.1. The summed E-state index contributed by atoms with van der Waals surface area (Å²) in [5, 5.41) is 3.33. The maximum atomic E-state index is 15.1. The standard InChI is InChI=1S/C22H24F2N6O.C4H10/c1-13-9-28(6-5-25-13)18-8-20(24)22(30(12-18)16(4)31)27-15(3)17-7-19(23)21-26-14(2)10-29(21)11-17;1-3-4-2/h7-8,10-13,25H,3,5-6,9H2,1-2,4H3;3-4H2,1-2H3. The number of carbonyl (C=O) groups is 1. The van der Waals surface area contributed by atoms with Crippen LogP contribution < -0.4 is 15.7 Å². The topological polar surface area (TPSA) is 66.9 Å². The third-order valence-corrected chi connectivity index (χ3v) is 5.75. The first-order valence-corrected chi connectivity index (χ1v) is 11.9. The van der Waals surface area contributed by atoms with Crippen LogP contribution >= 0.6 is 0 Å². The zero-order valence-electron chi connectivity index (χ0n) is 21.1. The molecule has 0 aromatic carbocycles. The monoisotopic (exact) mass is 484 g/mol. The van der Waals surface area contributed by atoms with Crippen molar-refractivity contribution in [1.82, 2.24) is 19.3 Å². The highest BCUT2D eigenvalue weighted by atomic mass is 19.1. The van der Waals surface area contributed by atoms with Crippen LogP contribution in [-0.2, 0) is 0 Å². The first kappa shape index (κ1) is 26.3. The lowest BCUT2D eigenvalue weighted by atomic mass is 10.2. The Morgan fingerprint density at radius 1 is 1.20 bits per heavy atom. The van der Waals surface area contributed by atoms with Crippen LogP contribution in [0.2, 0.25) is 0 Å². The fourth-order valence-corrected chi connectivity index (χ4v) is 3.76. The largest absolute Gasteiger partial charge is 0.367 e. The molecule has 0 bridgehead atoms. The molecule has 9 heteroatoms. The van der Waals surface area contributed by atoms with E-state index < -0.39 is 11.6 Å². The van der Waals surface area contributed by atoms with Gasteiger partial charge in [-0.15, -0.1) is 0 Å². The molecule has 1 atom stereocenters. The minimum atomic E-state index is -0.653. The van der Waals surface area contributed by atoms with Crippen LogP contribution in [0.25, 0.3) is 11.3 Å². The second-order valence-electron chi connectivity index (χ2n) is 8.81. The van der Waals surface area contributed by atoms with E-state index in [-0.39, 0.29) is 28.8 Å². The van der Waals surface area contributed by atoms with Gasteiger partial charge in [0.25, 0.3) is 0 Å². The molecular formula is C26H34F2N6O. The second-order valence-corrected chi connectivity index (χ2v) is 8.81. The molecule has 1 saturated heterocycles. The average molecular weight is 485 g/mol. The second kappa shape index (κ2) is 11.4. The quantitative estimate of drug-likeness (QED) is 0.590. The minimum Gasteiger partial charge on any atom is -0.367 e. The van der Waals surface area contributed by atoms with Gasteiger partial charge in [-0.1, -0.05) is 33.3 Å². The number of nitrogens with one attached hydrogen (secondary N) is 1. The molecular weight excluding hydrogens is 450 g/mol. The fraction of sp³-hybridized carbons (Fsp3) is 0.423. The van der Waals surface area contributed by atoms with E-state index >= 15 is 4.39 Å². The van der Waals surface area contributed by atoms with E-state index in [9.17, 15) is 9.18 Å². The number of pyridine rings is 2. The van der Waals surface area contributed by atoms with Crippen molar-refractivity contribution in [2.45, 2.75) is 53.5 Å². The summed E-state index contributed by atoms with van der Waals surface area (Å²) in [6.07, 6.45) is 7.52. The summed E-state index contributed by atoms with van der Waals surface area (Å²) < 4.78 is 32.2. The number of carbonyl (C=O) groups excluding carboxylic acids is 1. The van der Waals surface area contributed by atoms with Gasteiger partial charge >= 0.3 is 0 Å². The Hall–Kier alpha value is -3.33. The molecule has 0 saturated carbocycles. The molecule has 4 rings (SSSR count). The van der Waals surface area contributed by atoms with Crippen molar-refractivity contribution in [3.63, 3.8) is 0 Å². The van der Waals surface area contributed by atoms with Gasteiger partial charge in [0, 0.05) is 62.8 Å². The van der Waals surface area contributed by atoms with E-state index in [1.807, 2.05) is 11.8 Å². The van der Waals surface area contributed by atoms with E-state index in [0.717, 1.165) is 6.54 Å². The number of piperazine rings is 1. The van der Waals surface area contributed by atoms with Crippen LogP contribution in [0.5, 0.6) is 0 Å². The number of halogens is 2. The van der Waals surface area contributed by atoms with Crippen molar-refractivity contribution in [3.05, 3.63) is 65.7 Å². The molecule has 0 amide bonds. The number of unbranched alkanes of at least 4 members (excludes halogenated alkanes) is 1. The summed E-state index contributed by atoms with van der Waals surface area (Å²) in [6, 6.07) is 2.87. The van der Waals surface area contributed by atoms with Gasteiger partial charge in [-0.3, -0.25) is 9.36 Å². The average Bonchev–Trinajstić information content (AvgIpc) is 3.21. The van der Waals surface area contributed by atoms with Crippen LogP contribution in [0.1, 0.15) is 56.6 Å². The predicted molar refractivity (Wildman–Crippen MR) is 135 cm³/mol.